The summed E-state index contributed by atoms with van der Waals surface area (Å²) in [5, 5.41) is 0. The Morgan fingerprint density at radius 1 is 0.944 bits per heavy atom. The van der Waals surface area contributed by atoms with E-state index >= 15 is 0 Å². The number of carbonyl (C=O) groups is 1. The van der Waals surface area contributed by atoms with E-state index in [1.807, 2.05) is 18.7 Å². The summed E-state index contributed by atoms with van der Waals surface area (Å²) in [6.45, 7) is 5.41. The zero-order chi connectivity index (χ0) is 26.9. The number of hydrogen-bond donors (Lipinski definition) is 0. The van der Waals surface area contributed by atoms with Crippen LogP contribution in [0.5, 0.6) is 5.75 Å². The summed E-state index contributed by atoms with van der Waals surface area (Å²) in [6.07, 6.45) is 1.05. The van der Waals surface area contributed by atoms with Gasteiger partial charge < -0.3 is 14.5 Å². The number of piperazine rings is 1. The van der Waals surface area contributed by atoms with Crippen LogP contribution in [-0.4, -0.2) is 72.2 Å². The molecule has 8 nitrogen and oxygen atoms in total. The van der Waals surface area contributed by atoms with Gasteiger partial charge in [-0.3, -0.25) is 4.79 Å². The van der Waals surface area contributed by atoms with Crippen LogP contribution in [0.4, 0.5) is 18.9 Å². The molecule has 0 aliphatic carbocycles. The smallest absolute Gasteiger partial charge is 0.492 e. The second-order valence-corrected chi connectivity index (χ2v) is 12.8. The predicted molar refractivity (Wildman–Crippen MR) is 128 cm³/mol. The van der Waals surface area contributed by atoms with Crippen molar-refractivity contribution >= 4 is 31.3 Å². The van der Waals surface area contributed by atoms with Gasteiger partial charge in [-0.15, -0.1) is 0 Å². The van der Waals surface area contributed by atoms with Gasteiger partial charge in [-0.2, -0.15) is 13.2 Å². The summed E-state index contributed by atoms with van der Waals surface area (Å²) in [5.41, 5.74) is -4.73. The summed E-state index contributed by atoms with van der Waals surface area (Å²) in [5.74, 6) is 0.0686. The van der Waals surface area contributed by atoms with Crippen molar-refractivity contribution in [3.05, 3.63) is 48.0 Å². The molecular formula is C23H27F3N2O6S2. The van der Waals surface area contributed by atoms with Crippen molar-refractivity contribution in [3.63, 3.8) is 0 Å². The monoisotopic (exact) mass is 548 g/mol. The molecule has 0 radical (unpaired) electrons. The number of rotatable bonds is 7. The van der Waals surface area contributed by atoms with Gasteiger partial charge in [-0.1, -0.05) is 13.8 Å². The van der Waals surface area contributed by atoms with Gasteiger partial charge in [0.15, 0.2) is 9.84 Å². The van der Waals surface area contributed by atoms with Gasteiger partial charge in [-0.05, 0) is 48.4 Å². The molecule has 1 saturated heterocycles. The minimum Gasteiger partial charge on any atom is -0.492 e. The number of benzene rings is 2. The molecule has 1 fully saturated rings. The van der Waals surface area contributed by atoms with Crippen LogP contribution in [0, 0.1) is 5.92 Å². The maximum Gasteiger partial charge on any atom is 0.501 e. The van der Waals surface area contributed by atoms with Gasteiger partial charge in [0, 0.05) is 38.1 Å². The first kappa shape index (κ1) is 27.8. The van der Waals surface area contributed by atoms with E-state index in [0.29, 0.717) is 25.4 Å². The number of ether oxygens (including phenoxy) is 1. The molecule has 0 N–H and O–H groups in total. The topological polar surface area (TPSA) is 101 Å². The lowest BCUT2D eigenvalue weighted by molar-refractivity contribution is -0.0436. The molecule has 1 amide bonds. The Labute approximate surface area is 208 Å². The van der Waals surface area contributed by atoms with Gasteiger partial charge in [0.25, 0.3) is 15.7 Å². The number of anilines is 1. The molecule has 0 aromatic heterocycles. The number of nitrogens with zero attached hydrogens (tertiary/aromatic N) is 2. The highest BCUT2D eigenvalue weighted by atomic mass is 32.2. The van der Waals surface area contributed by atoms with Crippen LogP contribution >= 0.6 is 0 Å². The molecule has 13 heteroatoms. The zero-order valence-electron chi connectivity index (χ0n) is 19.9. The minimum atomic E-state index is -5.43. The van der Waals surface area contributed by atoms with Crippen molar-refractivity contribution in [2.24, 2.45) is 5.92 Å². The summed E-state index contributed by atoms with van der Waals surface area (Å²) in [4.78, 5) is 15.8. The van der Waals surface area contributed by atoms with Crippen LogP contribution in [-0.2, 0) is 19.7 Å². The lowest BCUT2D eigenvalue weighted by Crippen LogP contribution is -2.48. The average Bonchev–Trinajstić information content (AvgIpc) is 2.81. The first-order valence-corrected chi connectivity index (χ1v) is 14.4. The van der Waals surface area contributed by atoms with E-state index in [9.17, 15) is 34.8 Å². The second-order valence-electron chi connectivity index (χ2n) is 8.86. The molecule has 3 rings (SSSR count). The fraction of sp³-hybridized carbons (Fsp3) is 0.435. The molecule has 0 spiro atoms. The molecule has 2 aromatic carbocycles. The highest BCUT2D eigenvalue weighted by Crippen LogP contribution is 2.31. The largest absolute Gasteiger partial charge is 0.501 e. The Bertz CT molecular complexity index is 1320. The van der Waals surface area contributed by atoms with Gasteiger partial charge >= 0.3 is 5.51 Å². The highest BCUT2D eigenvalue weighted by molar-refractivity contribution is 7.92. The van der Waals surface area contributed by atoms with Gasteiger partial charge in [0.05, 0.1) is 22.0 Å². The Morgan fingerprint density at radius 2 is 1.50 bits per heavy atom. The van der Waals surface area contributed by atoms with Crippen LogP contribution < -0.4 is 9.64 Å². The summed E-state index contributed by atoms with van der Waals surface area (Å²) in [7, 11) is -8.98. The Balaban J connectivity index is 1.76. The molecule has 0 saturated carbocycles. The first-order valence-electron chi connectivity index (χ1n) is 11.0. The van der Waals surface area contributed by atoms with Gasteiger partial charge in [0.1, 0.15) is 5.75 Å². The summed E-state index contributed by atoms with van der Waals surface area (Å²) < 4.78 is 91.2. The van der Waals surface area contributed by atoms with Crippen molar-refractivity contribution in [1.82, 2.24) is 4.90 Å². The normalized spacial score (nSPS) is 15.3. The number of alkyl halides is 3. The summed E-state index contributed by atoms with van der Waals surface area (Å²) >= 11 is 0. The van der Waals surface area contributed by atoms with Crippen LogP contribution in [0.15, 0.2) is 52.3 Å². The van der Waals surface area contributed by atoms with Gasteiger partial charge in [-0.25, -0.2) is 16.8 Å². The third-order valence-electron chi connectivity index (χ3n) is 5.57. The molecule has 1 aliphatic rings. The number of amides is 1. The van der Waals surface area contributed by atoms with E-state index in [2.05, 4.69) is 0 Å². The molecule has 198 valence electrons. The minimum absolute atomic E-state index is 0.00437. The Kier molecular flexibility index (Phi) is 7.94. The van der Waals surface area contributed by atoms with E-state index in [1.54, 1.807) is 4.90 Å². The molecule has 1 aliphatic heterocycles. The molecular weight excluding hydrogens is 521 g/mol. The van der Waals surface area contributed by atoms with Crippen molar-refractivity contribution in [2.45, 2.75) is 29.1 Å². The number of sulfone groups is 2. The lowest BCUT2D eigenvalue weighted by Gasteiger charge is -2.36. The molecule has 0 unspecified atom stereocenters. The number of hydrogen-bond acceptors (Lipinski definition) is 7. The number of carbonyl (C=O) groups excluding carboxylic acids is 1. The third kappa shape index (κ3) is 6.12. The van der Waals surface area contributed by atoms with Crippen LogP contribution in [0.1, 0.15) is 24.2 Å². The fourth-order valence-electron chi connectivity index (χ4n) is 3.60. The Hall–Kier alpha value is -2.80. The van der Waals surface area contributed by atoms with Crippen LogP contribution in [0.25, 0.3) is 0 Å². The zero-order valence-corrected chi connectivity index (χ0v) is 21.6. The standard InChI is InChI=1S/C23H27F3N2O6S2/c1-16(2)15-34-21-9-8-19(35(3,30)31)14-20(21)22(29)28-12-10-27(11-13-28)17-4-6-18(7-5-17)36(32,33)23(24,25)26/h4-9,14,16H,10-13,15H2,1-3H3. The van der Waals surface area contributed by atoms with Crippen LogP contribution in [0.2, 0.25) is 0 Å². The van der Waals surface area contributed by atoms with Crippen LogP contribution in [0.3, 0.4) is 0 Å². The Morgan fingerprint density at radius 3 is 2.00 bits per heavy atom. The maximum atomic E-state index is 13.3. The molecule has 2 aromatic rings. The van der Waals surface area contributed by atoms with Crippen molar-refractivity contribution in [2.75, 3.05) is 43.9 Å². The molecule has 1 heterocycles. The highest BCUT2D eigenvalue weighted by Gasteiger charge is 2.46. The van der Waals surface area contributed by atoms with Crippen molar-refractivity contribution in [3.8, 4) is 5.75 Å². The van der Waals surface area contributed by atoms with Crippen molar-refractivity contribution in [1.29, 1.82) is 0 Å². The fourth-order valence-corrected chi connectivity index (χ4v) is 5.01. The quantitative estimate of drug-likeness (QED) is 0.523. The average molecular weight is 549 g/mol. The van der Waals surface area contributed by atoms with E-state index in [4.69, 9.17) is 4.74 Å². The second kappa shape index (κ2) is 10.3. The molecule has 0 bridgehead atoms. The first-order chi connectivity index (χ1) is 16.6. The molecule has 0 atom stereocenters. The van der Waals surface area contributed by atoms with Crippen molar-refractivity contribution < 1.29 is 39.5 Å². The lowest BCUT2D eigenvalue weighted by atomic mass is 10.1. The maximum absolute atomic E-state index is 13.3. The SMILES string of the molecule is CC(C)COc1ccc(S(C)(=O)=O)cc1C(=O)N1CCN(c2ccc(S(=O)(=O)C(F)(F)F)cc2)CC1. The third-order valence-corrected chi connectivity index (χ3v) is 8.18. The van der Waals surface area contributed by atoms with Gasteiger partial charge in [0.2, 0.25) is 0 Å². The number of halogens is 3. The molecule has 36 heavy (non-hydrogen) atoms. The van der Waals surface area contributed by atoms with E-state index in [-0.39, 0.29) is 35.2 Å². The van der Waals surface area contributed by atoms with E-state index < -0.39 is 36.0 Å². The summed E-state index contributed by atoms with van der Waals surface area (Å²) in [6, 6.07) is 8.57. The van der Waals surface area contributed by atoms with E-state index in [1.165, 1.54) is 30.3 Å². The predicted octanol–water partition coefficient (Wildman–Crippen LogP) is 3.38. The van der Waals surface area contributed by atoms with E-state index in [0.717, 1.165) is 18.4 Å².